The highest BCUT2D eigenvalue weighted by Gasteiger charge is 2.12. The Bertz CT molecular complexity index is 1240. The summed E-state index contributed by atoms with van der Waals surface area (Å²) in [6.45, 7) is 0. The highest BCUT2D eigenvalue weighted by molar-refractivity contribution is 6.37. The fourth-order valence-corrected chi connectivity index (χ4v) is 3.82. The third kappa shape index (κ3) is 2.40. The molecule has 1 nitrogen and oxygen atoms in total. The number of benzene rings is 4. The second kappa shape index (κ2) is 6.05. The van der Waals surface area contributed by atoms with Crippen molar-refractivity contribution in [3.05, 3.63) is 96.0 Å². The van der Waals surface area contributed by atoms with E-state index in [1.54, 1.807) is 0 Å². The van der Waals surface area contributed by atoms with Gasteiger partial charge in [-0.1, -0.05) is 78.3 Å². The number of rotatable bonds is 2. The Kier molecular flexibility index (Phi) is 3.55. The smallest absolute Gasteiger partial charge is 0.136 e. The van der Waals surface area contributed by atoms with Gasteiger partial charge in [0.15, 0.2) is 0 Å². The highest BCUT2D eigenvalue weighted by atomic mass is 35.5. The monoisotopic (exact) mass is 354 g/mol. The van der Waals surface area contributed by atoms with Gasteiger partial charge in [-0.05, 0) is 46.5 Å². The van der Waals surface area contributed by atoms with Gasteiger partial charge in [-0.2, -0.15) is 0 Å². The van der Waals surface area contributed by atoms with Gasteiger partial charge in [0.1, 0.15) is 11.2 Å². The second-order valence-electron chi connectivity index (χ2n) is 6.34. The largest absolute Gasteiger partial charge is 0.456 e. The topological polar surface area (TPSA) is 13.1 Å². The fourth-order valence-electron chi connectivity index (χ4n) is 3.55. The Hall–Kier alpha value is -3.03. The lowest BCUT2D eigenvalue weighted by Gasteiger charge is -2.10. The standard InChI is InChI=1S/C24H15ClO/c25-21-11-6-12-22-24(21)20-14-13-17(15-23(20)26-22)19-10-5-4-9-18(19)16-7-2-1-3-8-16/h1-15H. The number of hydrogen-bond donors (Lipinski definition) is 0. The van der Waals surface area contributed by atoms with E-state index < -0.39 is 0 Å². The Labute approximate surface area is 156 Å². The zero-order valence-corrected chi connectivity index (χ0v) is 14.7. The quantitative estimate of drug-likeness (QED) is 0.318. The minimum atomic E-state index is 0.721. The first-order chi connectivity index (χ1) is 12.8. The van der Waals surface area contributed by atoms with E-state index in [1.807, 2.05) is 24.3 Å². The van der Waals surface area contributed by atoms with E-state index in [4.69, 9.17) is 16.0 Å². The van der Waals surface area contributed by atoms with Gasteiger partial charge in [0.05, 0.1) is 5.02 Å². The molecule has 5 rings (SSSR count). The number of hydrogen-bond acceptors (Lipinski definition) is 1. The molecule has 0 aliphatic carbocycles. The zero-order valence-electron chi connectivity index (χ0n) is 13.9. The molecule has 0 N–H and O–H groups in total. The molecule has 0 aliphatic rings. The lowest BCUT2D eigenvalue weighted by molar-refractivity contribution is 0.669. The third-order valence-corrected chi connectivity index (χ3v) is 5.08. The molecule has 1 aromatic heterocycles. The minimum absolute atomic E-state index is 0.721. The van der Waals surface area contributed by atoms with Crippen LogP contribution < -0.4 is 0 Å². The Balaban J connectivity index is 1.74. The van der Waals surface area contributed by atoms with E-state index in [-0.39, 0.29) is 0 Å². The molecular formula is C24H15ClO. The molecule has 4 aromatic carbocycles. The van der Waals surface area contributed by atoms with Crippen LogP contribution >= 0.6 is 11.6 Å². The van der Waals surface area contributed by atoms with Gasteiger partial charge in [-0.3, -0.25) is 0 Å². The summed E-state index contributed by atoms with van der Waals surface area (Å²) < 4.78 is 6.06. The van der Waals surface area contributed by atoms with Gasteiger partial charge in [0.2, 0.25) is 0 Å². The van der Waals surface area contributed by atoms with E-state index in [9.17, 15) is 0 Å². The van der Waals surface area contributed by atoms with Crippen molar-refractivity contribution in [2.75, 3.05) is 0 Å². The van der Waals surface area contributed by atoms with Gasteiger partial charge in [-0.25, -0.2) is 0 Å². The van der Waals surface area contributed by atoms with Crippen LogP contribution in [0.25, 0.3) is 44.2 Å². The average Bonchev–Trinajstić information content (AvgIpc) is 3.07. The summed E-state index contributed by atoms with van der Waals surface area (Å²) in [5.41, 5.74) is 6.41. The summed E-state index contributed by atoms with van der Waals surface area (Å²) in [5, 5.41) is 2.75. The summed E-state index contributed by atoms with van der Waals surface area (Å²) >= 11 is 6.38. The molecule has 0 aliphatic heterocycles. The molecule has 26 heavy (non-hydrogen) atoms. The molecule has 5 aromatic rings. The molecule has 124 valence electrons. The first-order valence-corrected chi connectivity index (χ1v) is 8.95. The van der Waals surface area contributed by atoms with Crippen molar-refractivity contribution in [2.24, 2.45) is 0 Å². The number of halogens is 1. The first-order valence-electron chi connectivity index (χ1n) is 8.57. The average molecular weight is 355 g/mol. The Morgan fingerprint density at radius 3 is 2.12 bits per heavy atom. The normalized spacial score (nSPS) is 11.3. The molecule has 0 atom stereocenters. The summed E-state index contributed by atoms with van der Waals surface area (Å²) in [6.07, 6.45) is 0. The third-order valence-electron chi connectivity index (χ3n) is 4.77. The summed E-state index contributed by atoms with van der Waals surface area (Å²) in [5.74, 6) is 0. The maximum Gasteiger partial charge on any atom is 0.136 e. The maximum atomic E-state index is 6.38. The van der Waals surface area contributed by atoms with Crippen molar-refractivity contribution in [1.82, 2.24) is 0 Å². The molecule has 1 heterocycles. The lowest BCUT2D eigenvalue weighted by Crippen LogP contribution is -1.84. The van der Waals surface area contributed by atoms with Crippen LogP contribution in [0.2, 0.25) is 5.02 Å². The predicted octanol–water partition coefficient (Wildman–Crippen LogP) is 7.57. The lowest BCUT2D eigenvalue weighted by atomic mass is 9.94. The van der Waals surface area contributed by atoms with Crippen LogP contribution in [0, 0.1) is 0 Å². The Morgan fingerprint density at radius 2 is 1.31 bits per heavy atom. The van der Waals surface area contributed by atoms with Crippen molar-refractivity contribution in [1.29, 1.82) is 0 Å². The zero-order chi connectivity index (χ0) is 17.5. The minimum Gasteiger partial charge on any atom is -0.456 e. The van der Waals surface area contributed by atoms with Gasteiger partial charge in [-0.15, -0.1) is 0 Å². The van der Waals surface area contributed by atoms with Gasteiger partial charge < -0.3 is 4.42 Å². The van der Waals surface area contributed by atoms with Crippen molar-refractivity contribution in [3.8, 4) is 22.3 Å². The van der Waals surface area contributed by atoms with Crippen LogP contribution in [0.4, 0.5) is 0 Å². The van der Waals surface area contributed by atoms with Crippen molar-refractivity contribution >= 4 is 33.5 Å². The van der Waals surface area contributed by atoms with Crippen molar-refractivity contribution in [2.45, 2.75) is 0 Å². The van der Waals surface area contributed by atoms with Crippen LogP contribution in [-0.2, 0) is 0 Å². The molecule has 2 heteroatoms. The van der Waals surface area contributed by atoms with E-state index >= 15 is 0 Å². The fraction of sp³-hybridized carbons (Fsp3) is 0. The molecule has 0 fully saturated rings. The molecule has 0 spiro atoms. The number of fused-ring (bicyclic) bond motifs is 3. The summed E-state index contributed by atoms with van der Waals surface area (Å²) in [4.78, 5) is 0. The van der Waals surface area contributed by atoms with Crippen LogP contribution in [0.1, 0.15) is 0 Å². The summed E-state index contributed by atoms with van der Waals surface area (Å²) in [6, 6.07) is 31.0. The van der Waals surface area contributed by atoms with Crippen molar-refractivity contribution in [3.63, 3.8) is 0 Å². The summed E-state index contributed by atoms with van der Waals surface area (Å²) in [7, 11) is 0. The maximum absolute atomic E-state index is 6.38. The van der Waals surface area contributed by atoms with E-state index in [0.29, 0.717) is 0 Å². The van der Waals surface area contributed by atoms with Crippen LogP contribution in [-0.4, -0.2) is 0 Å². The van der Waals surface area contributed by atoms with E-state index in [0.717, 1.165) is 32.5 Å². The Morgan fingerprint density at radius 1 is 0.577 bits per heavy atom. The van der Waals surface area contributed by atoms with Crippen LogP contribution in [0.15, 0.2) is 95.4 Å². The SMILES string of the molecule is Clc1cccc2oc3cc(-c4ccccc4-c4ccccc4)ccc3c12. The molecule has 0 unspecified atom stereocenters. The molecule has 0 radical (unpaired) electrons. The predicted molar refractivity (Wildman–Crippen MR) is 110 cm³/mol. The van der Waals surface area contributed by atoms with Crippen molar-refractivity contribution < 1.29 is 4.42 Å². The molecule has 0 saturated carbocycles. The van der Waals surface area contributed by atoms with Crippen LogP contribution in [0.3, 0.4) is 0 Å². The second-order valence-corrected chi connectivity index (χ2v) is 6.74. The van der Waals surface area contributed by atoms with Crippen LogP contribution in [0.5, 0.6) is 0 Å². The van der Waals surface area contributed by atoms with E-state index in [1.165, 1.54) is 16.7 Å². The molecule has 0 bridgehead atoms. The highest BCUT2D eigenvalue weighted by Crippen LogP contribution is 2.38. The van der Waals surface area contributed by atoms with Gasteiger partial charge >= 0.3 is 0 Å². The van der Waals surface area contributed by atoms with E-state index in [2.05, 4.69) is 66.7 Å². The number of furan rings is 1. The molecular weight excluding hydrogens is 340 g/mol. The molecule has 0 saturated heterocycles. The van der Waals surface area contributed by atoms with Gasteiger partial charge in [0, 0.05) is 10.8 Å². The first kappa shape index (κ1) is 15.2. The van der Waals surface area contributed by atoms with Gasteiger partial charge in [0.25, 0.3) is 0 Å². The molecule has 0 amide bonds.